The van der Waals surface area contributed by atoms with E-state index in [2.05, 4.69) is 15.4 Å². The van der Waals surface area contributed by atoms with Crippen LogP contribution >= 0.6 is 0 Å². The maximum Gasteiger partial charge on any atom is 0.410 e. The standard InChI is InChI=1S/C36H46FN5O10S/c37-28-9-6-7-22-19-41(21-27(22)28)35(47)52-25-17-30-31(43)39-36(33(45)40-53(48,49)26-11-12-26)18-23(36)8-4-2-1-3-5-10-29(32(44)42(30)20-25)38-34(46)51-24-13-15-50-16-14-24/h4,6-9,23-26,29-30H,1-3,5,10-21H2,(H,38,46)(H,39,43)(H,40,45)/b8-4-/t23-,25-,29+,30+,36-/m1/s1. The van der Waals surface area contributed by atoms with Crippen LogP contribution in [-0.4, -0.2) is 103 Å². The maximum absolute atomic E-state index is 14.4. The van der Waals surface area contributed by atoms with Gasteiger partial charge in [-0.2, -0.15) is 0 Å². The second-order valence-electron chi connectivity index (χ2n) is 14.9. The first-order valence-electron chi connectivity index (χ1n) is 18.6. The molecule has 288 valence electrons. The fraction of sp³-hybridized carbons (Fsp3) is 0.639. The number of nitrogens with zero attached hydrogens (tertiary/aromatic N) is 2. The van der Waals surface area contributed by atoms with Gasteiger partial charge in [-0.15, -0.1) is 0 Å². The van der Waals surface area contributed by atoms with E-state index in [9.17, 15) is 36.8 Å². The van der Waals surface area contributed by atoms with E-state index in [1.807, 2.05) is 12.2 Å². The van der Waals surface area contributed by atoms with Gasteiger partial charge in [-0.25, -0.2) is 22.4 Å². The molecule has 5 amide bonds. The minimum Gasteiger partial charge on any atom is -0.446 e. The Morgan fingerprint density at radius 3 is 2.53 bits per heavy atom. The Bertz CT molecular complexity index is 1770. The summed E-state index contributed by atoms with van der Waals surface area (Å²) < 4.78 is 58.9. The quantitative estimate of drug-likeness (QED) is 0.364. The van der Waals surface area contributed by atoms with Crippen LogP contribution in [0.2, 0.25) is 0 Å². The first-order chi connectivity index (χ1) is 25.4. The first-order valence-corrected chi connectivity index (χ1v) is 20.1. The molecular weight excluding hydrogens is 713 g/mol. The van der Waals surface area contributed by atoms with Gasteiger partial charge in [0.1, 0.15) is 35.6 Å². The summed E-state index contributed by atoms with van der Waals surface area (Å²) in [5.74, 6) is -3.06. The molecule has 15 nitrogen and oxygen atoms in total. The van der Waals surface area contributed by atoms with Crippen molar-refractivity contribution in [3.8, 4) is 0 Å². The van der Waals surface area contributed by atoms with E-state index in [4.69, 9.17) is 14.2 Å². The molecule has 5 atom stereocenters. The van der Waals surface area contributed by atoms with E-state index in [0.717, 1.165) is 12.8 Å². The summed E-state index contributed by atoms with van der Waals surface area (Å²) in [5.41, 5.74) is -0.520. The van der Waals surface area contributed by atoms with Gasteiger partial charge >= 0.3 is 12.2 Å². The molecule has 1 aromatic carbocycles. The van der Waals surface area contributed by atoms with Gasteiger partial charge in [-0.3, -0.25) is 24.0 Å². The number of alkyl carbamates (subject to hydrolysis) is 1. The third kappa shape index (κ3) is 8.30. The monoisotopic (exact) mass is 759 g/mol. The summed E-state index contributed by atoms with van der Waals surface area (Å²) in [6, 6.07) is 2.30. The first kappa shape index (κ1) is 37.1. The molecule has 7 rings (SSSR count). The molecule has 0 bridgehead atoms. The molecule has 4 aliphatic heterocycles. The molecule has 0 aromatic heterocycles. The number of hydrogen-bond donors (Lipinski definition) is 3. The number of nitrogens with one attached hydrogen (secondary N) is 3. The van der Waals surface area contributed by atoms with Gasteiger partial charge in [0.05, 0.1) is 31.6 Å². The Morgan fingerprint density at radius 1 is 0.981 bits per heavy atom. The number of rotatable bonds is 6. The maximum atomic E-state index is 14.4. The molecule has 3 N–H and O–H groups in total. The minimum absolute atomic E-state index is 0.00233. The zero-order valence-corrected chi connectivity index (χ0v) is 30.2. The summed E-state index contributed by atoms with van der Waals surface area (Å²) in [5, 5.41) is 4.85. The van der Waals surface area contributed by atoms with Crippen molar-refractivity contribution in [1.29, 1.82) is 0 Å². The van der Waals surface area contributed by atoms with Crippen molar-refractivity contribution in [1.82, 2.24) is 25.2 Å². The second kappa shape index (κ2) is 15.2. The molecule has 53 heavy (non-hydrogen) atoms. The minimum atomic E-state index is -3.92. The van der Waals surface area contributed by atoms with E-state index in [1.54, 1.807) is 12.1 Å². The van der Waals surface area contributed by atoms with E-state index in [-0.39, 0.29) is 45.0 Å². The highest BCUT2D eigenvalue weighted by Crippen LogP contribution is 2.46. The Kier molecular flexibility index (Phi) is 10.7. The van der Waals surface area contributed by atoms with E-state index in [1.165, 1.54) is 15.9 Å². The third-order valence-corrected chi connectivity index (χ3v) is 12.8. The summed E-state index contributed by atoms with van der Waals surface area (Å²) in [4.78, 5) is 71.3. The predicted molar refractivity (Wildman–Crippen MR) is 185 cm³/mol. The number of halogens is 1. The second-order valence-corrected chi connectivity index (χ2v) is 16.9. The van der Waals surface area contributed by atoms with Crippen molar-refractivity contribution in [2.24, 2.45) is 5.92 Å². The van der Waals surface area contributed by atoms with Crippen LogP contribution in [0.15, 0.2) is 30.4 Å². The number of fused-ring (bicyclic) bond motifs is 3. The van der Waals surface area contributed by atoms with E-state index < -0.39 is 80.6 Å². The van der Waals surface area contributed by atoms with Crippen LogP contribution in [0.25, 0.3) is 0 Å². The molecule has 4 heterocycles. The van der Waals surface area contributed by atoms with Crippen LogP contribution in [0.3, 0.4) is 0 Å². The van der Waals surface area contributed by atoms with Crippen LogP contribution in [0.1, 0.15) is 81.8 Å². The molecule has 2 saturated carbocycles. The molecule has 17 heteroatoms. The molecule has 0 radical (unpaired) electrons. The summed E-state index contributed by atoms with van der Waals surface area (Å²) >= 11 is 0. The molecule has 4 fully saturated rings. The number of carbonyl (C=O) groups excluding carboxylic acids is 5. The molecule has 1 aromatic rings. The topological polar surface area (TPSA) is 190 Å². The summed E-state index contributed by atoms with van der Waals surface area (Å²) in [6.45, 7) is 0.833. The summed E-state index contributed by atoms with van der Waals surface area (Å²) in [6.07, 6.45) is 5.82. The number of carbonyl (C=O) groups is 5. The van der Waals surface area contributed by atoms with Gasteiger partial charge in [-0.05, 0) is 50.2 Å². The SMILES string of the molecule is O=C(N[C@H]1CCCCC/C=C\[C@@H]2C[C@@]2(C(=O)NS(=O)(=O)C2CC2)NC(=O)[C@@H]2C[C@@H](OC(=O)N3Cc4cccc(F)c4C3)CN2C1=O)OC1CCOCC1. The van der Waals surface area contributed by atoms with Crippen LogP contribution in [0.4, 0.5) is 14.0 Å². The molecule has 0 spiro atoms. The number of ether oxygens (including phenoxy) is 3. The number of allylic oxidation sites excluding steroid dienone is 1. The van der Waals surface area contributed by atoms with Crippen molar-refractivity contribution in [3.63, 3.8) is 0 Å². The lowest BCUT2D eigenvalue weighted by atomic mass is 10.0. The number of benzene rings is 1. The molecule has 0 unspecified atom stereocenters. The zero-order chi connectivity index (χ0) is 37.3. The van der Waals surface area contributed by atoms with Crippen LogP contribution in [0.5, 0.6) is 0 Å². The Hall–Kier alpha value is -4.25. The van der Waals surface area contributed by atoms with Crippen molar-refractivity contribution in [2.75, 3.05) is 19.8 Å². The van der Waals surface area contributed by atoms with Crippen LogP contribution in [0, 0.1) is 11.7 Å². The van der Waals surface area contributed by atoms with Crippen LogP contribution < -0.4 is 15.4 Å². The molecule has 6 aliphatic rings. The normalized spacial score (nSPS) is 30.1. The molecule has 2 aliphatic carbocycles. The Labute approximate surface area is 307 Å². The van der Waals surface area contributed by atoms with Gasteiger partial charge in [0.25, 0.3) is 5.91 Å². The van der Waals surface area contributed by atoms with Crippen molar-refractivity contribution >= 4 is 39.9 Å². The van der Waals surface area contributed by atoms with Crippen molar-refractivity contribution < 1.29 is 51.0 Å². The molecule has 2 saturated heterocycles. The van der Waals surface area contributed by atoms with Crippen molar-refractivity contribution in [2.45, 2.75) is 119 Å². The third-order valence-electron chi connectivity index (χ3n) is 11.0. The Morgan fingerprint density at radius 2 is 1.77 bits per heavy atom. The smallest absolute Gasteiger partial charge is 0.410 e. The van der Waals surface area contributed by atoms with Gasteiger partial charge < -0.3 is 29.7 Å². The Balaban J connectivity index is 1.12. The highest BCUT2D eigenvalue weighted by Gasteiger charge is 2.62. The number of sulfonamides is 1. The highest BCUT2D eigenvalue weighted by atomic mass is 32.2. The van der Waals surface area contributed by atoms with Crippen LogP contribution in [-0.2, 0) is 51.7 Å². The fourth-order valence-corrected chi connectivity index (χ4v) is 9.06. The van der Waals surface area contributed by atoms with E-state index >= 15 is 0 Å². The zero-order valence-electron chi connectivity index (χ0n) is 29.4. The van der Waals surface area contributed by atoms with Crippen molar-refractivity contribution in [3.05, 3.63) is 47.3 Å². The highest BCUT2D eigenvalue weighted by molar-refractivity contribution is 7.91. The lowest BCUT2D eigenvalue weighted by Gasteiger charge is -2.30. The van der Waals surface area contributed by atoms with E-state index in [0.29, 0.717) is 62.9 Å². The largest absolute Gasteiger partial charge is 0.446 e. The number of hydrogen-bond acceptors (Lipinski definition) is 10. The molecular formula is C36H46FN5O10S. The number of amides is 5. The summed E-state index contributed by atoms with van der Waals surface area (Å²) in [7, 11) is -3.92. The van der Waals surface area contributed by atoms with Gasteiger partial charge in [-0.1, -0.05) is 37.1 Å². The average molecular weight is 760 g/mol. The fourth-order valence-electron chi connectivity index (χ4n) is 7.70. The van der Waals surface area contributed by atoms with Gasteiger partial charge in [0, 0.05) is 37.3 Å². The predicted octanol–water partition coefficient (Wildman–Crippen LogP) is 2.52. The average Bonchev–Trinajstić information content (AvgIpc) is 4.01. The lowest BCUT2D eigenvalue weighted by Crippen LogP contribution is -2.58. The van der Waals surface area contributed by atoms with Gasteiger partial charge in [0.15, 0.2) is 0 Å². The lowest BCUT2D eigenvalue weighted by molar-refractivity contribution is -0.141. The van der Waals surface area contributed by atoms with Gasteiger partial charge in [0.2, 0.25) is 21.8 Å².